The average molecular weight is 194 g/mol. The molecule has 0 radical (unpaired) electrons. The molecule has 78 valence electrons. The number of hydrogen-bond donors (Lipinski definition) is 3. The Morgan fingerprint density at radius 3 is 2.79 bits per heavy atom. The van der Waals surface area contributed by atoms with Gasteiger partial charge in [0.25, 0.3) is 0 Å². The van der Waals surface area contributed by atoms with Crippen LogP contribution in [0.3, 0.4) is 0 Å². The number of aryl methyl sites for hydroxylation is 1. The number of nitrogens with two attached hydrogens (primary N) is 1. The maximum atomic E-state index is 8.62. The number of nitrogens with one attached hydrogen (secondary N) is 1. The average Bonchev–Trinajstić information content (AvgIpc) is 2.16. The number of benzene rings is 1. The first-order valence-corrected chi connectivity index (χ1v) is 4.95. The SMILES string of the molecule is Cc1cccc(N)c1NCCCCO. The van der Waals surface area contributed by atoms with Gasteiger partial charge in [-0.05, 0) is 31.4 Å². The molecular weight excluding hydrogens is 176 g/mol. The maximum absolute atomic E-state index is 8.62. The molecule has 3 nitrogen and oxygen atoms in total. The van der Waals surface area contributed by atoms with Crippen molar-refractivity contribution in [2.45, 2.75) is 19.8 Å². The van der Waals surface area contributed by atoms with Gasteiger partial charge in [-0.1, -0.05) is 12.1 Å². The molecule has 0 spiro atoms. The summed E-state index contributed by atoms with van der Waals surface area (Å²) in [6.07, 6.45) is 1.79. The van der Waals surface area contributed by atoms with E-state index in [1.54, 1.807) is 0 Å². The summed E-state index contributed by atoms with van der Waals surface area (Å²) >= 11 is 0. The van der Waals surface area contributed by atoms with E-state index in [4.69, 9.17) is 10.8 Å². The molecule has 14 heavy (non-hydrogen) atoms. The Kier molecular flexibility index (Phi) is 4.26. The normalized spacial score (nSPS) is 10.1. The molecule has 1 aromatic carbocycles. The minimum Gasteiger partial charge on any atom is -0.397 e. The van der Waals surface area contributed by atoms with E-state index >= 15 is 0 Å². The molecule has 0 bridgehead atoms. The number of anilines is 2. The number of hydrogen-bond acceptors (Lipinski definition) is 3. The Bertz CT molecular complexity index is 266. The van der Waals surface area contributed by atoms with E-state index in [0.29, 0.717) is 0 Å². The van der Waals surface area contributed by atoms with Crippen LogP contribution in [0.25, 0.3) is 0 Å². The minimum atomic E-state index is 0.255. The molecule has 0 fully saturated rings. The van der Waals surface area contributed by atoms with Gasteiger partial charge in [0, 0.05) is 13.2 Å². The van der Waals surface area contributed by atoms with E-state index in [1.165, 1.54) is 0 Å². The Morgan fingerprint density at radius 1 is 1.36 bits per heavy atom. The fraction of sp³-hybridized carbons (Fsp3) is 0.455. The zero-order valence-electron chi connectivity index (χ0n) is 8.59. The van der Waals surface area contributed by atoms with E-state index in [0.717, 1.165) is 36.3 Å². The number of unbranched alkanes of at least 4 members (excludes halogenated alkanes) is 1. The fourth-order valence-corrected chi connectivity index (χ4v) is 1.38. The molecule has 0 aromatic heterocycles. The second-order valence-electron chi connectivity index (χ2n) is 3.40. The van der Waals surface area contributed by atoms with Crippen LogP contribution in [0.4, 0.5) is 11.4 Å². The third-order valence-electron chi connectivity index (χ3n) is 2.19. The first-order valence-electron chi connectivity index (χ1n) is 4.95. The van der Waals surface area contributed by atoms with Crippen molar-refractivity contribution < 1.29 is 5.11 Å². The lowest BCUT2D eigenvalue weighted by Gasteiger charge is -2.11. The van der Waals surface area contributed by atoms with E-state index < -0.39 is 0 Å². The summed E-state index contributed by atoms with van der Waals surface area (Å²) in [6, 6.07) is 5.87. The van der Waals surface area contributed by atoms with Crippen molar-refractivity contribution in [2.24, 2.45) is 0 Å². The summed E-state index contributed by atoms with van der Waals surface area (Å²) in [6.45, 7) is 3.14. The fourth-order valence-electron chi connectivity index (χ4n) is 1.38. The molecule has 0 aliphatic rings. The van der Waals surface area contributed by atoms with Crippen LogP contribution < -0.4 is 11.1 Å². The third kappa shape index (κ3) is 2.92. The van der Waals surface area contributed by atoms with Gasteiger partial charge in [0.05, 0.1) is 11.4 Å². The van der Waals surface area contributed by atoms with Crippen LogP contribution in [0.2, 0.25) is 0 Å². The Balaban J connectivity index is 2.49. The summed E-state index contributed by atoms with van der Waals surface area (Å²) in [4.78, 5) is 0. The quantitative estimate of drug-likeness (QED) is 0.494. The van der Waals surface area contributed by atoms with Crippen molar-refractivity contribution in [3.05, 3.63) is 23.8 Å². The van der Waals surface area contributed by atoms with E-state index in [2.05, 4.69) is 5.32 Å². The summed E-state index contributed by atoms with van der Waals surface area (Å²) in [5, 5.41) is 11.9. The molecule has 0 unspecified atom stereocenters. The molecule has 0 amide bonds. The van der Waals surface area contributed by atoms with Gasteiger partial charge in [-0.3, -0.25) is 0 Å². The van der Waals surface area contributed by atoms with Crippen LogP contribution in [0, 0.1) is 6.92 Å². The largest absolute Gasteiger partial charge is 0.397 e. The molecule has 0 saturated carbocycles. The smallest absolute Gasteiger partial charge is 0.0603 e. The highest BCUT2D eigenvalue weighted by Crippen LogP contribution is 2.22. The van der Waals surface area contributed by atoms with E-state index in [-0.39, 0.29) is 6.61 Å². The molecule has 0 aliphatic carbocycles. The van der Waals surface area contributed by atoms with Crippen LogP contribution in [0.1, 0.15) is 18.4 Å². The zero-order valence-corrected chi connectivity index (χ0v) is 8.59. The lowest BCUT2D eigenvalue weighted by molar-refractivity contribution is 0.286. The summed E-state index contributed by atoms with van der Waals surface area (Å²) < 4.78 is 0. The summed E-state index contributed by atoms with van der Waals surface area (Å²) in [5.41, 5.74) is 8.79. The first kappa shape index (κ1) is 10.9. The van der Waals surface area contributed by atoms with Gasteiger partial charge in [-0.25, -0.2) is 0 Å². The molecule has 0 heterocycles. The molecule has 3 heteroatoms. The molecule has 0 aliphatic heterocycles. The van der Waals surface area contributed by atoms with Crippen LogP contribution in [-0.4, -0.2) is 18.3 Å². The van der Waals surface area contributed by atoms with Crippen molar-refractivity contribution in [1.29, 1.82) is 0 Å². The predicted molar refractivity (Wildman–Crippen MR) is 60.4 cm³/mol. The molecule has 1 aromatic rings. The van der Waals surface area contributed by atoms with Crippen LogP contribution in [0.15, 0.2) is 18.2 Å². The van der Waals surface area contributed by atoms with E-state index in [1.807, 2.05) is 25.1 Å². The van der Waals surface area contributed by atoms with Crippen LogP contribution >= 0.6 is 0 Å². The highest BCUT2D eigenvalue weighted by atomic mass is 16.2. The van der Waals surface area contributed by atoms with Gasteiger partial charge in [-0.15, -0.1) is 0 Å². The Labute approximate surface area is 84.9 Å². The van der Waals surface area contributed by atoms with Gasteiger partial charge in [-0.2, -0.15) is 0 Å². The predicted octanol–water partition coefficient (Wildman–Crippen LogP) is 1.76. The Hall–Kier alpha value is -1.22. The van der Waals surface area contributed by atoms with Crippen molar-refractivity contribution in [3.63, 3.8) is 0 Å². The van der Waals surface area contributed by atoms with Crippen molar-refractivity contribution in [3.8, 4) is 0 Å². The first-order chi connectivity index (χ1) is 6.75. The van der Waals surface area contributed by atoms with Crippen molar-refractivity contribution >= 4 is 11.4 Å². The highest BCUT2D eigenvalue weighted by Gasteiger charge is 2.00. The monoisotopic (exact) mass is 194 g/mol. The lowest BCUT2D eigenvalue weighted by Crippen LogP contribution is -2.06. The minimum absolute atomic E-state index is 0.255. The third-order valence-corrected chi connectivity index (χ3v) is 2.19. The lowest BCUT2D eigenvalue weighted by atomic mass is 10.1. The Morgan fingerprint density at radius 2 is 2.14 bits per heavy atom. The van der Waals surface area contributed by atoms with Crippen LogP contribution in [0.5, 0.6) is 0 Å². The molecule has 0 atom stereocenters. The second kappa shape index (κ2) is 5.50. The van der Waals surface area contributed by atoms with Crippen LogP contribution in [-0.2, 0) is 0 Å². The van der Waals surface area contributed by atoms with Gasteiger partial charge in [0.1, 0.15) is 0 Å². The number of aliphatic hydroxyl groups is 1. The van der Waals surface area contributed by atoms with Gasteiger partial charge in [0.2, 0.25) is 0 Å². The molecule has 1 rings (SSSR count). The number of aliphatic hydroxyl groups excluding tert-OH is 1. The molecule has 0 saturated heterocycles. The highest BCUT2D eigenvalue weighted by molar-refractivity contribution is 5.69. The summed E-state index contributed by atoms with van der Waals surface area (Å²) in [5.74, 6) is 0. The molecular formula is C11H18N2O. The zero-order chi connectivity index (χ0) is 10.4. The maximum Gasteiger partial charge on any atom is 0.0603 e. The van der Waals surface area contributed by atoms with Crippen molar-refractivity contribution in [1.82, 2.24) is 0 Å². The number of nitrogen functional groups attached to an aromatic ring is 1. The number of rotatable bonds is 5. The van der Waals surface area contributed by atoms with E-state index in [9.17, 15) is 0 Å². The molecule has 4 N–H and O–H groups in total. The topological polar surface area (TPSA) is 58.3 Å². The van der Waals surface area contributed by atoms with Crippen molar-refractivity contribution in [2.75, 3.05) is 24.2 Å². The van der Waals surface area contributed by atoms with Gasteiger partial charge in [0.15, 0.2) is 0 Å². The van der Waals surface area contributed by atoms with Gasteiger partial charge >= 0.3 is 0 Å². The number of para-hydroxylation sites is 1. The summed E-state index contributed by atoms with van der Waals surface area (Å²) in [7, 11) is 0. The second-order valence-corrected chi connectivity index (χ2v) is 3.40. The standard InChI is InChI=1S/C11H18N2O/c1-9-5-4-6-10(12)11(9)13-7-2-3-8-14/h4-6,13-14H,2-3,7-8,12H2,1H3. The van der Waals surface area contributed by atoms with Gasteiger partial charge < -0.3 is 16.2 Å².